The normalized spacial score (nSPS) is 8.75. The van der Waals surface area contributed by atoms with E-state index in [9.17, 15) is 9.59 Å². The fraction of sp³-hybridized carbons (Fsp3) is 0.0909. The Morgan fingerprint density at radius 3 is 2.31 bits per heavy atom. The lowest BCUT2D eigenvalue weighted by molar-refractivity contribution is -0.117. The van der Waals surface area contributed by atoms with E-state index in [2.05, 4.69) is 17.2 Å². The minimum absolute atomic E-state index is 0.0291. The molecule has 0 saturated carbocycles. The molecule has 0 heterocycles. The average molecular weight is 217 g/mol. The largest absolute Gasteiger partial charge is 0.369 e. The van der Waals surface area contributed by atoms with Crippen LogP contribution in [0.3, 0.4) is 0 Å². The minimum Gasteiger partial charge on any atom is -0.369 e. The average Bonchev–Trinajstić information content (AvgIpc) is 2.19. The van der Waals surface area contributed by atoms with Gasteiger partial charge in [0.1, 0.15) is 0 Å². The van der Waals surface area contributed by atoms with E-state index < -0.39 is 11.9 Å². The standard InChI is InChI=1S/C11H11N3O2/c12-10(15)3-1-2-8-4-6-9(7-5-8)14-11(13)16/h4-7H,3H2,(H2,12,15)(H3,13,14,16). The van der Waals surface area contributed by atoms with Gasteiger partial charge in [-0.15, -0.1) is 0 Å². The van der Waals surface area contributed by atoms with E-state index in [1.165, 1.54) is 0 Å². The second-order valence-electron chi connectivity index (χ2n) is 3.01. The van der Waals surface area contributed by atoms with E-state index in [-0.39, 0.29) is 6.42 Å². The van der Waals surface area contributed by atoms with Gasteiger partial charge in [-0.3, -0.25) is 4.79 Å². The van der Waals surface area contributed by atoms with E-state index in [1.54, 1.807) is 24.3 Å². The molecule has 5 nitrogen and oxygen atoms in total. The van der Waals surface area contributed by atoms with Crippen molar-refractivity contribution in [3.8, 4) is 11.8 Å². The lowest BCUT2D eigenvalue weighted by Gasteiger charge is -2.00. The van der Waals surface area contributed by atoms with Crippen LogP contribution in [0.5, 0.6) is 0 Å². The Balaban J connectivity index is 2.66. The number of nitrogens with two attached hydrogens (primary N) is 2. The second-order valence-corrected chi connectivity index (χ2v) is 3.01. The summed E-state index contributed by atoms with van der Waals surface area (Å²) in [6, 6.07) is 6.13. The molecule has 5 heteroatoms. The van der Waals surface area contributed by atoms with E-state index in [4.69, 9.17) is 11.5 Å². The first kappa shape index (κ1) is 11.6. The Morgan fingerprint density at radius 2 is 1.81 bits per heavy atom. The molecule has 0 bridgehead atoms. The van der Waals surface area contributed by atoms with Gasteiger partial charge in [0.25, 0.3) is 0 Å². The minimum atomic E-state index is -0.618. The molecular formula is C11H11N3O2. The predicted molar refractivity (Wildman–Crippen MR) is 60.3 cm³/mol. The van der Waals surface area contributed by atoms with Crippen molar-refractivity contribution in [2.24, 2.45) is 11.5 Å². The Kier molecular flexibility index (Phi) is 3.92. The van der Waals surface area contributed by atoms with Gasteiger partial charge in [-0.05, 0) is 24.3 Å². The van der Waals surface area contributed by atoms with Crippen LogP contribution in [0, 0.1) is 11.8 Å². The van der Waals surface area contributed by atoms with Crippen LogP contribution >= 0.6 is 0 Å². The van der Waals surface area contributed by atoms with E-state index in [0.717, 1.165) is 5.56 Å². The van der Waals surface area contributed by atoms with Crippen LogP contribution in [0.2, 0.25) is 0 Å². The zero-order chi connectivity index (χ0) is 12.0. The molecule has 1 aromatic rings. The third-order valence-electron chi connectivity index (χ3n) is 1.65. The molecule has 0 radical (unpaired) electrons. The number of amides is 3. The molecule has 0 saturated heterocycles. The van der Waals surface area contributed by atoms with Crippen LogP contribution in [-0.2, 0) is 4.79 Å². The van der Waals surface area contributed by atoms with Gasteiger partial charge in [-0.25, -0.2) is 4.79 Å². The molecule has 0 fully saturated rings. The molecule has 0 aliphatic rings. The number of carbonyl (C=O) groups excluding carboxylic acids is 2. The second kappa shape index (κ2) is 5.41. The van der Waals surface area contributed by atoms with Gasteiger partial charge in [0.05, 0.1) is 6.42 Å². The lowest BCUT2D eigenvalue weighted by Crippen LogP contribution is -2.19. The Labute approximate surface area is 92.8 Å². The Bertz CT molecular complexity index is 454. The van der Waals surface area contributed by atoms with Crippen LogP contribution in [0.15, 0.2) is 24.3 Å². The molecule has 82 valence electrons. The van der Waals surface area contributed by atoms with Crippen molar-refractivity contribution in [3.63, 3.8) is 0 Å². The van der Waals surface area contributed by atoms with Crippen LogP contribution in [-0.4, -0.2) is 11.9 Å². The predicted octanol–water partition coefficient (Wildman–Crippen LogP) is 0.404. The van der Waals surface area contributed by atoms with Crippen LogP contribution < -0.4 is 16.8 Å². The summed E-state index contributed by atoms with van der Waals surface area (Å²) in [6.07, 6.45) is 0.0291. The van der Waals surface area contributed by atoms with Crippen molar-refractivity contribution < 1.29 is 9.59 Å². The van der Waals surface area contributed by atoms with E-state index in [0.29, 0.717) is 5.69 Å². The number of hydrogen-bond donors (Lipinski definition) is 3. The third-order valence-corrected chi connectivity index (χ3v) is 1.65. The van der Waals surface area contributed by atoms with Crippen molar-refractivity contribution in [3.05, 3.63) is 29.8 Å². The number of nitrogens with one attached hydrogen (secondary N) is 1. The number of rotatable bonds is 2. The topological polar surface area (TPSA) is 98.2 Å². The monoisotopic (exact) mass is 217 g/mol. The number of benzene rings is 1. The molecule has 5 N–H and O–H groups in total. The summed E-state index contributed by atoms with van der Waals surface area (Å²) in [7, 11) is 0. The first-order chi connectivity index (χ1) is 7.58. The van der Waals surface area contributed by atoms with Crippen molar-refractivity contribution in [1.29, 1.82) is 0 Å². The first-order valence-electron chi connectivity index (χ1n) is 4.51. The highest BCUT2D eigenvalue weighted by atomic mass is 16.2. The summed E-state index contributed by atoms with van der Waals surface area (Å²) in [5, 5.41) is 2.42. The van der Waals surface area contributed by atoms with E-state index in [1.807, 2.05) is 0 Å². The molecule has 3 amide bonds. The molecule has 1 rings (SSSR count). The fourth-order valence-electron chi connectivity index (χ4n) is 1.01. The summed E-state index contributed by atoms with van der Waals surface area (Å²) in [5.41, 5.74) is 11.2. The molecule has 0 aliphatic carbocycles. The summed E-state index contributed by atoms with van der Waals surface area (Å²) < 4.78 is 0. The highest BCUT2D eigenvalue weighted by molar-refractivity contribution is 5.87. The van der Waals surface area contributed by atoms with Gasteiger partial charge in [0.2, 0.25) is 5.91 Å². The maximum Gasteiger partial charge on any atom is 0.316 e. The van der Waals surface area contributed by atoms with Crippen molar-refractivity contribution >= 4 is 17.6 Å². The smallest absolute Gasteiger partial charge is 0.316 e. The molecule has 1 aromatic carbocycles. The van der Waals surface area contributed by atoms with Gasteiger partial charge in [0, 0.05) is 11.3 Å². The molecule has 0 atom stereocenters. The molecular weight excluding hydrogens is 206 g/mol. The van der Waals surface area contributed by atoms with Crippen LogP contribution in [0.25, 0.3) is 0 Å². The highest BCUT2D eigenvalue weighted by Gasteiger charge is 1.94. The molecule has 0 aliphatic heterocycles. The molecule has 0 aromatic heterocycles. The van der Waals surface area contributed by atoms with Gasteiger partial charge in [-0.2, -0.15) is 0 Å². The molecule has 16 heavy (non-hydrogen) atoms. The van der Waals surface area contributed by atoms with Crippen LogP contribution in [0.1, 0.15) is 12.0 Å². The van der Waals surface area contributed by atoms with Gasteiger partial charge in [0.15, 0.2) is 0 Å². The molecule has 0 unspecified atom stereocenters. The molecule has 0 spiro atoms. The highest BCUT2D eigenvalue weighted by Crippen LogP contribution is 2.08. The van der Waals surface area contributed by atoms with Crippen LogP contribution in [0.4, 0.5) is 10.5 Å². The number of anilines is 1. The summed E-state index contributed by atoms with van der Waals surface area (Å²) in [5.74, 6) is 4.93. The Morgan fingerprint density at radius 1 is 1.19 bits per heavy atom. The zero-order valence-corrected chi connectivity index (χ0v) is 8.49. The third kappa shape index (κ3) is 4.15. The van der Waals surface area contributed by atoms with Crippen molar-refractivity contribution in [2.75, 3.05) is 5.32 Å². The lowest BCUT2D eigenvalue weighted by atomic mass is 10.2. The van der Waals surface area contributed by atoms with Gasteiger partial charge < -0.3 is 16.8 Å². The maximum absolute atomic E-state index is 10.5. The SMILES string of the molecule is NC(=O)CC#Cc1ccc(NC(N)=O)cc1. The Hall–Kier alpha value is -2.48. The number of carbonyl (C=O) groups is 2. The van der Waals surface area contributed by atoms with Gasteiger partial charge >= 0.3 is 6.03 Å². The van der Waals surface area contributed by atoms with E-state index >= 15 is 0 Å². The maximum atomic E-state index is 10.5. The zero-order valence-electron chi connectivity index (χ0n) is 8.49. The first-order valence-corrected chi connectivity index (χ1v) is 4.51. The summed E-state index contributed by atoms with van der Waals surface area (Å²) in [4.78, 5) is 21.0. The summed E-state index contributed by atoms with van der Waals surface area (Å²) >= 11 is 0. The number of urea groups is 1. The number of primary amides is 2. The fourth-order valence-corrected chi connectivity index (χ4v) is 1.01. The summed E-state index contributed by atoms with van der Waals surface area (Å²) in [6.45, 7) is 0. The van der Waals surface area contributed by atoms with Crippen molar-refractivity contribution in [1.82, 2.24) is 0 Å². The van der Waals surface area contributed by atoms with Gasteiger partial charge in [-0.1, -0.05) is 11.8 Å². The number of hydrogen-bond acceptors (Lipinski definition) is 2. The quantitative estimate of drug-likeness (QED) is 0.625. The van der Waals surface area contributed by atoms with Crippen molar-refractivity contribution in [2.45, 2.75) is 6.42 Å².